The fraction of sp³-hybridized carbons (Fsp3) is 0.188. The van der Waals surface area contributed by atoms with Crippen LogP contribution in [-0.2, 0) is 17.6 Å². The van der Waals surface area contributed by atoms with E-state index < -0.39 is 0 Å². The van der Waals surface area contributed by atoms with Gasteiger partial charge in [0, 0.05) is 5.56 Å². The number of nitrogens with two attached hydrogens (primary N) is 1. The molecule has 0 aromatic heterocycles. The van der Waals surface area contributed by atoms with Crippen molar-refractivity contribution in [2.24, 2.45) is 5.73 Å². The maximum absolute atomic E-state index is 10.8. The number of phenolic OH excluding ortho intramolecular Hbond substituents is 2. The van der Waals surface area contributed by atoms with Gasteiger partial charge in [-0.25, -0.2) is 0 Å². The lowest BCUT2D eigenvalue weighted by Gasteiger charge is -2.15. The highest BCUT2D eigenvalue weighted by molar-refractivity contribution is 5.79. The van der Waals surface area contributed by atoms with Gasteiger partial charge in [-0.2, -0.15) is 5.48 Å². The van der Waals surface area contributed by atoms with E-state index in [1.165, 1.54) is 12.1 Å². The summed E-state index contributed by atoms with van der Waals surface area (Å²) in [7, 11) is 0. The lowest BCUT2D eigenvalue weighted by atomic mass is 10.1. The number of benzene rings is 2. The molecule has 1 aliphatic rings. The van der Waals surface area contributed by atoms with E-state index in [2.05, 4.69) is 5.48 Å². The third-order valence-corrected chi connectivity index (χ3v) is 3.07. The summed E-state index contributed by atoms with van der Waals surface area (Å²) in [5.74, 6) is 0.470. The van der Waals surface area contributed by atoms with E-state index in [0.717, 1.165) is 16.9 Å². The fourth-order valence-electron chi connectivity index (χ4n) is 1.96. The van der Waals surface area contributed by atoms with Crippen molar-refractivity contribution < 1.29 is 19.8 Å². The molecule has 6 heteroatoms. The Morgan fingerprint density at radius 2 is 1.91 bits per heavy atom. The fourth-order valence-corrected chi connectivity index (χ4v) is 1.96. The molecule has 22 heavy (non-hydrogen) atoms. The molecule has 2 aromatic carbocycles. The summed E-state index contributed by atoms with van der Waals surface area (Å²) in [5.41, 5.74) is 9.48. The summed E-state index contributed by atoms with van der Waals surface area (Å²) in [6.45, 7) is 0.546. The molecule has 116 valence electrons. The normalized spacial score (nSPS) is 12.3. The third kappa shape index (κ3) is 4.13. The van der Waals surface area contributed by atoms with E-state index in [-0.39, 0.29) is 17.4 Å². The number of amides is 1. The first-order valence-electron chi connectivity index (χ1n) is 6.84. The number of rotatable bonds is 2. The Morgan fingerprint density at radius 1 is 1.14 bits per heavy atom. The predicted octanol–water partition coefficient (Wildman–Crippen LogP) is 1.25. The van der Waals surface area contributed by atoms with Crippen LogP contribution in [0.25, 0.3) is 0 Å². The second-order valence-electron chi connectivity index (χ2n) is 4.77. The van der Waals surface area contributed by atoms with Crippen molar-refractivity contribution in [3.63, 3.8) is 0 Å². The van der Waals surface area contributed by atoms with Gasteiger partial charge in [-0.3, -0.25) is 4.79 Å². The minimum Gasteiger partial charge on any atom is -0.504 e. The summed E-state index contributed by atoms with van der Waals surface area (Å²) in [5, 5.41) is 18.0. The van der Waals surface area contributed by atoms with Crippen molar-refractivity contribution in [2.45, 2.75) is 12.8 Å². The minimum atomic E-state index is -0.0938. The zero-order valence-corrected chi connectivity index (χ0v) is 12.0. The number of hydrogen-bond donors (Lipinski definition) is 4. The maximum Gasteiger partial charge on any atom is 0.257 e. The molecular formula is C16H18N2O4. The molecule has 0 aliphatic carbocycles. The summed E-state index contributed by atoms with van der Waals surface area (Å²) < 4.78 is 0. The van der Waals surface area contributed by atoms with Crippen molar-refractivity contribution >= 4 is 5.91 Å². The molecule has 0 atom stereocenters. The van der Waals surface area contributed by atoms with Gasteiger partial charge in [-0.15, -0.1) is 0 Å². The maximum atomic E-state index is 10.8. The Morgan fingerprint density at radius 3 is 2.64 bits per heavy atom. The van der Waals surface area contributed by atoms with Gasteiger partial charge in [-0.1, -0.05) is 24.3 Å². The van der Waals surface area contributed by atoms with E-state index in [4.69, 9.17) is 20.8 Å². The number of nitrogens with one attached hydrogen (secondary N) is 1. The van der Waals surface area contributed by atoms with Crippen LogP contribution in [0.4, 0.5) is 0 Å². The van der Waals surface area contributed by atoms with Gasteiger partial charge in [-0.05, 0) is 36.7 Å². The quantitative estimate of drug-likeness (QED) is 0.625. The van der Waals surface area contributed by atoms with Crippen LogP contribution in [0, 0.1) is 0 Å². The van der Waals surface area contributed by atoms with Crippen molar-refractivity contribution in [2.75, 3.05) is 6.54 Å². The van der Waals surface area contributed by atoms with Crippen LogP contribution in [0.1, 0.15) is 11.1 Å². The van der Waals surface area contributed by atoms with Crippen molar-refractivity contribution in [3.8, 4) is 17.2 Å². The highest BCUT2D eigenvalue weighted by Crippen LogP contribution is 2.24. The number of carbonyl (C=O) groups is 1. The van der Waals surface area contributed by atoms with Gasteiger partial charge in [0.15, 0.2) is 17.2 Å². The van der Waals surface area contributed by atoms with Gasteiger partial charge in [0.05, 0.1) is 6.42 Å². The van der Waals surface area contributed by atoms with Crippen LogP contribution in [0.15, 0.2) is 42.5 Å². The average molecular weight is 302 g/mol. The van der Waals surface area contributed by atoms with E-state index in [1.807, 2.05) is 24.3 Å². The monoisotopic (exact) mass is 302 g/mol. The molecule has 1 amide bonds. The summed E-state index contributed by atoms with van der Waals surface area (Å²) >= 11 is 0. The zero-order chi connectivity index (χ0) is 15.9. The van der Waals surface area contributed by atoms with E-state index in [1.54, 1.807) is 6.07 Å². The number of carbonyl (C=O) groups excluding carboxylic acids is 1. The first kappa shape index (κ1) is 15.7. The molecule has 5 N–H and O–H groups in total. The Balaban J connectivity index is 0.000000160. The Kier molecular flexibility index (Phi) is 5.21. The van der Waals surface area contributed by atoms with Crippen molar-refractivity contribution in [3.05, 3.63) is 53.6 Å². The first-order chi connectivity index (χ1) is 10.6. The molecule has 2 aromatic rings. The molecular weight excluding hydrogens is 284 g/mol. The summed E-state index contributed by atoms with van der Waals surface area (Å²) in [6.07, 6.45) is 1.13. The first-order valence-corrected chi connectivity index (χ1v) is 6.84. The molecule has 6 nitrogen and oxygen atoms in total. The number of fused-ring (bicyclic) bond motifs is 1. The SMILES string of the molecule is NCCc1ccc(O)c(O)c1.O=C1Cc2ccccc2ON1. The number of para-hydroxylation sites is 1. The van der Waals surface area contributed by atoms with Gasteiger partial charge in [0.2, 0.25) is 0 Å². The van der Waals surface area contributed by atoms with Crippen LogP contribution < -0.4 is 16.1 Å². The second-order valence-corrected chi connectivity index (χ2v) is 4.77. The summed E-state index contributed by atoms with van der Waals surface area (Å²) in [4.78, 5) is 15.7. The molecule has 0 bridgehead atoms. The average Bonchev–Trinajstić information content (AvgIpc) is 2.52. The van der Waals surface area contributed by atoms with E-state index >= 15 is 0 Å². The molecule has 1 aliphatic heterocycles. The lowest BCUT2D eigenvalue weighted by Crippen LogP contribution is -2.32. The van der Waals surface area contributed by atoms with Crippen LogP contribution in [0.2, 0.25) is 0 Å². The van der Waals surface area contributed by atoms with Crippen molar-refractivity contribution in [1.29, 1.82) is 0 Å². The number of hydrogen-bond acceptors (Lipinski definition) is 5. The summed E-state index contributed by atoms with van der Waals surface area (Å²) in [6, 6.07) is 12.2. The van der Waals surface area contributed by atoms with Crippen LogP contribution in [-0.4, -0.2) is 22.7 Å². The van der Waals surface area contributed by atoms with Crippen LogP contribution in [0.3, 0.4) is 0 Å². The number of hydroxylamine groups is 1. The highest BCUT2D eigenvalue weighted by atomic mass is 16.7. The molecule has 0 radical (unpaired) electrons. The van der Waals surface area contributed by atoms with E-state index in [0.29, 0.717) is 19.4 Å². The standard InChI is InChI=1S/C8H7NO2.C8H11NO2/c10-8-5-6-3-1-2-4-7(6)11-9-8;9-4-3-6-1-2-7(10)8(11)5-6/h1-4H,5H2,(H,9,10);1-2,5,10-11H,3-4,9H2. The molecule has 0 spiro atoms. The van der Waals surface area contributed by atoms with Gasteiger partial charge in [0.25, 0.3) is 5.91 Å². The van der Waals surface area contributed by atoms with Gasteiger partial charge < -0.3 is 20.8 Å². The largest absolute Gasteiger partial charge is 0.504 e. The Hall–Kier alpha value is -2.73. The lowest BCUT2D eigenvalue weighted by molar-refractivity contribution is -0.128. The Labute approximate surface area is 128 Å². The van der Waals surface area contributed by atoms with Crippen LogP contribution in [0.5, 0.6) is 17.2 Å². The predicted molar refractivity (Wildman–Crippen MR) is 81.4 cm³/mol. The molecule has 0 unspecified atom stereocenters. The Bertz CT molecular complexity index is 658. The van der Waals surface area contributed by atoms with Gasteiger partial charge in [0.1, 0.15) is 0 Å². The molecule has 1 heterocycles. The van der Waals surface area contributed by atoms with Crippen molar-refractivity contribution in [1.82, 2.24) is 5.48 Å². The van der Waals surface area contributed by atoms with Gasteiger partial charge >= 0.3 is 0 Å². The smallest absolute Gasteiger partial charge is 0.257 e. The molecule has 0 fully saturated rings. The zero-order valence-electron chi connectivity index (χ0n) is 12.0. The highest BCUT2D eigenvalue weighted by Gasteiger charge is 2.14. The molecule has 0 saturated carbocycles. The topological polar surface area (TPSA) is 105 Å². The number of phenols is 2. The minimum absolute atomic E-state index is 0.0871. The number of aromatic hydroxyl groups is 2. The second kappa shape index (κ2) is 7.33. The van der Waals surface area contributed by atoms with Crippen LogP contribution >= 0.6 is 0 Å². The molecule has 3 rings (SSSR count). The van der Waals surface area contributed by atoms with E-state index in [9.17, 15) is 4.79 Å². The molecule has 0 saturated heterocycles. The third-order valence-electron chi connectivity index (χ3n) is 3.07.